The summed E-state index contributed by atoms with van der Waals surface area (Å²) in [5, 5.41) is 0. The number of hydrogen-bond acceptors (Lipinski definition) is 7. The van der Waals surface area contributed by atoms with Gasteiger partial charge in [0, 0.05) is 25.6 Å². The van der Waals surface area contributed by atoms with Gasteiger partial charge in [-0.3, -0.25) is 19.1 Å². The molecule has 1 aliphatic heterocycles. The average Bonchev–Trinajstić information content (AvgIpc) is 2.98. The Hall–Kier alpha value is -1.81. The van der Waals surface area contributed by atoms with Gasteiger partial charge in [-0.15, -0.1) is 0 Å². The molecule has 176 valence electrons. The Morgan fingerprint density at radius 2 is 1.84 bits per heavy atom. The molecule has 0 amide bonds. The Labute approximate surface area is 183 Å². The Morgan fingerprint density at radius 1 is 1.19 bits per heavy atom. The maximum absolute atomic E-state index is 12.5. The number of ether oxygens (including phenoxy) is 3. The predicted octanol–water partition coefficient (Wildman–Crippen LogP) is 1.96. The Morgan fingerprint density at radius 3 is 2.39 bits per heavy atom. The zero-order chi connectivity index (χ0) is 23.6. The number of hydrogen-bond donors (Lipinski definition) is 1. The third kappa shape index (κ3) is 7.68. The van der Waals surface area contributed by atoms with Crippen molar-refractivity contribution >= 4 is 5.78 Å². The Kier molecular flexibility index (Phi) is 8.02. The van der Waals surface area contributed by atoms with Crippen molar-refractivity contribution in [2.75, 3.05) is 27.2 Å². The number of nitrogens with zero attached hydrogens (tertiary/aromatic N) is 2. The molecule has 0 aliphatic carbocycles. The van der Waals surface area contributed by atoms with E-state index >= 15 is 0 Å². The number of rotatable bonds is 8. The maximum Gasteiger partial charge on any atom is 0.330 e. The van der Waals surface area contributed by atoms with Gasteiger partial charge in [-0.25, -0.2) is 4.79 Å². The number of carbonyl (C=O) groups excluding carboxylic acids is 1. The second kappa shape index (κ2) is 9.77. The van der Waals surface area contributed by atoms with E-state index in [2.05, 4.69) is 4.98 Å². The van der Waals surface area contributed by atoms with E-state index in [1.807, 2.05) is 60.5 Å². The van der Waals surface area contributed by atoms with Gasteiger partial charge in [0.15, 0.2) is 5.78 Å². The number of aromatic amines is 1. The van der Waals surface area contributed by atoms with E-state index in [0.29, 0.717) is 19.6 Å². The molecule has 0 aromatic carbocycles. The first-order valence-corrected chi connectivity index (χ1v) is 10.7. The molecule has 0 saturated carbocycles. The monoisotopic (exact) mass is 439 g/mol. The lowest BCUT2D eigenvalue weighted by atomic mass is 10.1. The summed E-state index contributed by atoms with van der Waals surface area (Å²) < 4.78 is 19.5. The van der Waals surface area contributed by atoms with Crippen LogP contribution in [0.3, 0.4) is 0 Å². The first-order chi connectivity index (χ1) is 14.2. The number of aromatic nitrogens is 2. The van der Waals surface area contributed by atoms with Gasteiger partial charge in [0.2, 0.25) is 0 Å². The molecule has 3 atom stereocenters. The summed E-state index contributed by atoms with van der Waals surface area (Å²) in [6.45, 7) is 12.5. The highest BCUT2D eigenvalue weighted by Crippen LogP contribution is 2.33. The van der Waals surface area contributed by atoms with Crippen LogP contribution in [0.2, 0.25) is 0 Å². The second-order valence-electron chi connectivity index (χ2n) is 10.2. The lowest BCUT2D eigenvalue weighted by Gasteiger charge is -2.29. The van der Waals surface area contributed by atoms with Gasteiger partial charge in [0.25, 0.3) is 5.56 Å². The molecule has 1 aromatic heterocycles. The smallest absolute Gasteiger partial charge is 0.330 e. The topological polar surface area (TPSA) is 103 Å². The van der Waals surface area contributed by atoms with Gasteiger partial charge in [0.1, 0.15) is 12.3 Å². The molecular formula is C22H37N3O6. The van der Waals surface area contributed by atoms with Crippen molar-refractivity contribution in [3.05, 3.63) is 32.6 Å². The second-order valence-corrected chi connectivity index (χ2v) is 10.2. The van der Waals surface area contributed by atoms with E-state index in [1.165, 1.54) is 10.8 Å². The Bertz CT molecular complexity index is 875. The van der Waals surface area contributed by atoms with Crippen molar-refractivity contribution in [3.8, 4) is 0 Å². The molecular weight excluding hydrogens is 402 g/mol. The van der Waals surface area contributed by atoms with Crippen LogP contribution in [0, 0.1) is 0 Å². The molecule has 31 heavy (non-hydrogen) atoms. The van der Waals surface area contributed by atoms with Crippen LogP contribution in [0.15, 0.2) is 15.8 Å². The first kappa shape index (κ1) is 25.5. The number of Topliss-reactive ketones (excluding diaryl/α,β-unsaturated/α-hetero) is 1. The number of nitrogens with one attached hydrogen (secondary N) is 1. The third-order valence-electron chi connectivity index (χ3n) is 4.73. The van der Waals surface area contributed by atoms with Crippen LogP contribution < -0.4 is 11.2 Å². The van der Waals surface area contributed by atoms with Crippen LogP contribution >= 0.6 is 0 Å². The van der Waals surface area contributed by atoms with Crippen molar-refractivity contribution in [1.29, 1.82) is 0 Å². The van der Waals surface area contributed by atoms with Crippen molar-refractivity contribution in [1.82, 2.24) is 14.5 Å². The van der Waals surface area contributed by atoms with Crippen LogP contribution in [-0.4, -0.2) is 70.9 Å². The van der Waals surface area contributed by atoms with E-state index in [1.54, 1.807) is 0 Å². The van der Waals surface area contributed by atoms with E-state index in [-0.39, 0.29) is 29.5 Å². The Balaban J connectivity index is 2.29. The molecule has 0 bridgehead atoms. The minimum atomic E-state index is -0.682. The highest BCUT2D eigenvalue weighted by atomic mass is 16.6. The molecule has 2 rings (SSSR count). The molecule has 1 fully saturated rings. The average molecular weight is 440 g/mol. The van der Waals surface area contributed by atoms with Gasteiger partial charge in [0.05, 0.1) is 29.5 Å². The quantitative estimate of drug-likeness (QED) is 0.618. The first-order valence-electron chi connectivity index (χ1n) is 10.7. The molecule has 0 radical (unpaired) electrons. The van der Waals surface area contributed by atoms with Gasteiger partial charge in [-0.1, -0.05) is 0 Å². The summed E-state index contributed by atoms with van der Waals surface area (Å²) in [7, 11) is 3.69. The normalized spacial score (nSPS) is 22.3. The summed E-state index contributed by atoms with van der Waals surface area (Å²) in [6.07, 6.45) is 0.509. The molecule has 1 saturated heterocycles. The van der Waals surface area contributed by atoms with Gasteiger partial charge >= 0.3 is 5.69 Å². The summed E-state index contributed by atoms with van der Waals surface area (Å²) in [6, 6.07) is 0. The van der Waals surface area contributed by atoms with Crippen molar-refractivity contribution in [2.24, 2.45) is 0 Å². The van der Waals surface area contributed by atoms with Crippen molar-refractivity contribution in [3.63, 3.8) is 0 Å². The fourth-order valence-corrected chi connectivity index (χ4v) is 3.29. The number of carbonyl (C=O) groups is 1. The van der Waals surface area contributed by atoms with Gasteiger partial charge < -0.3 is 19.1 Å². The molecule has 9 nitrogen and oxygen atoms in total. The lowest BCUT2D eigenvalue weighted by Crippen LogP contribution is -2.37. The summed E-state index contributed by atoms with van der Waals surface area (Å²) in [4.78, 5) is 41.4. The maximum atomic E-state index is 12.5. The van der Waals surface area contributed by atoms with Crippen LogP contribution in [0.5, 0.6) is 0 Å². The van der Waals surface area contributed by atoms with Crippen molar-refractivity contribution in [2.45, 2.75) is 84.0 Å². The number of ketones is 1. The summed E-state index contributed by atoms with van der Waals surface area (Å²) >= 11 is 0. The molecule has 1 aromatic rings. The largest absolute Gasteiger partial charge is 0.373 e. The highest BCUT2D eigenvalue weighted by molar-refractivity contribution is 5.95. The zero-order valence-electron chi connectivity index (χ0n) is 20.0. The molecule has 1 N–H and O–H groups in total. The molecule has 9 heteroatoms. The summed E-state index contributed by atoms with van der Waals surface area (Å²) in [5.41, 5.74) is -2.11. The molecule has 0 unspecified atom stereocenters. The molecule has 0 spiro atoms. The van der Waals surface area contributed by atoms with E-state index in [0.717, 1.165) is 0 Å². The van der Waals surface area contributed by atoms with Crippen molar-refractivity contribution < 1.29 is 19.0 Å². The zero-order valence-corrected chi connectivity index (χ0v) is 20.0. The fourth-order valence-electron chi connectivity index (χ4n) is 3.29. The summed E-state index contributed by atoms with van der Waals surface area (Å²) in [5.74, 6) is -0.322. The lowest BCUT2D eigenvalue weighted by molar-refractivity contribution is -0.132. The minimum absolute atomic E-state index is 0.0484. The van der Waals surface area contributed by atoms with Crippen LogP contribution in [0.1, 0.15) is 71.0 Å². The van der Waals surface area contributed by atoms with Gasteiger partial charge in [-0.2, -0.15) is 0 Å². The van der Waals surface area contributed by atoms with E-state index in [9.17, 15) is 14.4 Å². The van der Waals surface area contributed by atoms with Crippen LogP contribution in [0.25, 0.3) is 0 Å². The SMILES string of the molecule is CN(C)CCC(=O)c1cn([C@H]2C[C@@H](OC(C)(C)C)[C@@H](COC(C)(C)C)O2)c(=O)[nH]c1=O. The van der Waals surface area contributed by atoms with E-state index in [4.69, 9.17) is 14.2 Å². The minimum Gasteiger partial charge on any atom is -0.373 e. The van der Waals surface area contributed by atoms with Gasteiger partial charge in [-0.05, 0) is 55.6 Å². The molecule has 2 heterocycles. The van der Waals surface area contributed by atoms with E-state index < -0.39 is 29.2 Å². The van der Waals surface area contributed by atoms with Crippen LogP contribution in [-0.2, 0) is 14.2 Å². The standard InChI is InChI=1S/C22H37N3O6/c1-21(2,3)29-13-17-16(31-22(4,5)6)11-18(30-17)25-12-14(19(27)23-20(25)28)15(26)9-10-24(7)8/h12,16-18H,9-11,13H2,1-8H3,(H,23,27,28)/t16-,17-,18-/m1/s1. The predicted molar refractivity (Wildman–Crippen MR) is 118 cm³/mol. The third-order valence-corrected chi connectivity index (χ3v) is 4.73. The number of H-pyrrole nitrogens is 1. The highest BCUT2D eigenvalue weighted by Gasteiger charge is 2.40. The molecule has 1 aliphatic rings. The van der Waals surface area contributed by atoms with Crippen LogP contribution in [0.4, 0.5) is 0 Å². The fraction of sp³-hybridized carbons (Fsp3) is 0.773.